The molecule has 0 atom stereocenters. The highest BCUT2D eigenvalue weighted by Crippen LogP contribution is 2.31. The smallest absolute Gasteiger partial charge is 0.143 e. The molecule has 2 heterocycles. The zero-order chi connectivity index (χ0) is 16.1. The van der Waals surface area contributed by atoms with Crippen LogP contribution in [0, 0.1) is 0 Å². The lowest BCUT2D eigenvalue weighted by atomic mass is 10.2. The first-order chi connectivity index (χ1) is 11.3. The summed E-state index contributed by atoms with van der Waals surface area (Å²) in [6.07, 6.45) is 8.02. The molecule has 0 bridgehead atoms. The SMILES string of the molecule is CCOc1cc2c(N)ncnc2cc1NCCCn1ccnc1. The van der Waals surface area contributed by atoms with Gasteiger partial charge in [0.2, 0.25) is 0 Å². The summed E-state index contributed by atoms with van der Waals surface area (Å²) in [4.78, 5) is 12.3. The lowest BCUT2D eigenvalue weighted by Gasteiger charge is -2.14. The van der Waals surface area contributed by atoms with Crippen LogP contribution >= 0.6 is 0 Å². The molecule has 23 heavy (non-hydrogen) atoms. The third-order valence-electron chi connectivity index (χ3n) is 3.54. The second-order valence-electron chi connectivity index (χ2n) is 5.14. The van der Waals surface area contributed by atoms with E-state index < -0.39 is 0 Å². The van der Waals surface area contributed by atoms with Crippen molar-refractivity contribution in [2.45, 2.75) is 19.9 Å². The third-order valence-corrected chi connectivity index (χ3v) is 3.54. The van der Waals surface area contributed by atoms with E-state index >= 15 is 0 Å². The Morgan fingerprint density at radius 3 is 3.00 bits per heavy atom. The monoisotopic (exact) mass is 312 g/mol. The molecular weight excluding hydrogens is 292 g/mol. The van der Waals surface area contributed by atoms with E-state index in [2.05, 4.69) is 24.8 Å². The van der Waals surface area contributed by atoms with Crippen molar-refractivity contribution in [1.82, 2.24) is 19.5 Å². The van der Waals surface area contributed by atoms with Crippen molar-refractivity contribution in [2.75, 3.05) is 24.2 Å². The molecule has 2 aromatic heterocycles. The minimum absolute atomic E-state index is 0.461. The number of anilines is 2. The fourth-order valence-electron chi connectivity index (χ4n) is 2.42. The van der Waals surface area contributed by atoms with Crippen LogP contribution in [-0.4, -0.2) is 32.7 Å². The molecule has 0 spiro atoms. The van der Waals surface area contributed by atoms with E-state index in [1.54, 1.807) is 6.20 Å². The molecule has 120 valence electrons. The number of nitrogen functional groups attached to an aromatic ring is 1. The zero-order valence-electron chi connectivity index (χ0n) is 13.1. The minimum atomic E-state index is 0.461. The van der Waals surface area contributed by atoms with Crippen molar-refractivity contribution in [3.63, 3.8) is 0 Å². The van der Waals surface area contributed by atoms with E-state index in [9.17, 15) is 0 Å². The van der Waals surface area contributed by atoms with E-state index in [1.807, 2.05) is 31.6 Å². The number of imidazole rings is 1. The number of nitrogens with zero attached hydrogens (tertiary/aromatic N) is 4. The van der Waals surface area contributed by atoms with Crippen LogP contribution in [0.1, 0.15) is 13.3 Å². The van der Waals surface area contributed by atoms with Gasteiger partial charge in [-0.2, -0.15) is 0 Å². The zero-order valence-corrected chi connectivity index (χ0v) is 13.1. The van der Waals surface area contributed by atoms with Crippen LogP contribution in [0.3, 0.4) is 0 Å². The maximum absolute atomic E-state index is 5.91. The van der Waals surface area contributed by atoms with Gasteiger partial charge in [-0.15, -0.1) is 0 Å². The van der Waals surface area contributed by atoms with Gasteiger partial charge in [-0.1, -0.05) is 0 Å². The van der Waals surface area contributed by atoms with Gasteiger partial charge in [0.05, 0.1) is 24.1 Å². The van der Waals surface area contributed by atoms with E-state index in [-0.39, 0.29) is 0 Å². The molecule has 0 aliphatic carbocycles. The van der Waals surface area contributed by atoms with E-state index in [0.29, 0.717) is 12.4 Å². The fraction of sp³-hybridized carbons (Fsp3) is 0.312. The van der Waals surface area contributed by atoms with Gasteiger partial charge < -0.3 is 20.4 Å². The van der Waals surface area contributed by atoms with Crippen molar-refractivity contribution in [3.8, 4) is 5.75 Å². The van der Waals surface area contributed by atoms with Gasteiger partial charge in [0.15, 0.2) is 0 Å². The first-order valence-corrected chi connectivity index (χ1v) is 7.64. The van der Waals surface area contributed by atoms with Gasteiger partial charge in [-0.3, -0.25) is 0 Å². The number of aryl methyl sites for hydroxylation is 1. The molecule has 0 amide bonds. The summed E-state index contributed by atoms with van der Waals surface area (Å²) in [5.41, 5.74) is 7.63. The van der Waals surface area contributed by atoms with Gasteiger partial charge >= 0.3 is 0 Å². The quantitative estimate of drug-likeness (QED) is 0.651. The first kappa shape index (κ1) is 15.1. The highest BCUT2D eigenvalue weighted by molar-refractivity contribution is 5.92. The number of nitrogens with two attached hydrogens (primary N) is 1. The molecule has 0 fully saturated rings. The number of hydrogen-bond donors (Lipinski definition) is 2. The van der Waals surface area contributed by atoms with Crippen LogP contribution in [0.5, 0.6) is 5.75 Å². The normalized spacial score (nSPS) is 10.8. The van der Waals surface area contributed by atoms with Crippen molar-refractivity contribution < 1.29 is 4.74 Å². The molecule has 3 rings (SSSR count). The van der Waals surface area contributed by atoms with Crippen molar-refractivity contribution in [1.29, 1.82) is 0 Å². The van der Waals surface area contributed by atoms with Gasteiger partial charge in [0, 0.05) is 30.9 Å². The Morgan fingerprint density at radius 1 is 1.30 bits per heavy atom. The summed E-state index contributed by atoms with van der Waals surface area (Å²) in [5.74, 6) is 1.23. The molecule has 0 aliphatic heterocycles. The molecule has 0 aliphatic rings. The Bertz CT molecular complexity index is 772. The predicted molar refractivity (Wildman–Crippen MR) is 90.5 cm³/mol. The highest BCUT2D eigenvalue weighted by atomic mass is 16.5. The van der Waals surface area contributed by atoms with Crippen LogP contribution in [0.4, 0.5) is 11.5 Å². The van der Waals surface area contributed by atoms with Gasteiger partial charge in [0.25, 0.3) is 0 Å². The molecule has 1 aromatic carbocycles. The fourth-order valence-corrected chi connectivity index (χ4v) is 2.42. The molecule has 7 nitrogen and oxygen atoms in total. The lowest BCUT2D eigenvalue weighted by Crippen LogP contribution is -2.08. The first-order valence-electron chi connectivity index (χ1n) is 7.64. The summed E-state index contributed by atoms with van der Waals surface area (Å²) in [6.45, 7) is 4.28. The number of rotatable bonds is 7. The minimum Gasteiger partial charge on any atom is -0.492 e. The number of benzene rings is 1. The van der Waals surface area contributed by atoms with Gasteiger partial charge in [-0.05, 0) is 25.5 Å². The Hall–Kier alpha value is -2.83. The number of nitrogens with one attached hydrogen (secondary N) is 1. The number of ether oxygens (including phenoxy) is 1. The predicted octanol–water partition coefficient (Wildman–Crippen LogP) is 2.31. The number of fused-ring (bicyclic) bond motifs is 1. The maximum Gasteiger partial charge on any atom is 0.143 e. The highest BCUT2D eigenvalue weighted by Gasteiger charge is 2.09. The van der Waals surface area contributed by atoms with Crippen molar-refractivity contribution in [3.05, 3.63) is 37.2 Å². The Morgan fingerprint density at radius 2 is 2.22 bits per heavy atom. The lowest BCUT2D eigenvalue weighted by molar-refractivity contribution is 0.342. The van der Waals surface area contributed by atoms with Crippen LogP contribution < -0.4 is 15.8 Å². The standard InChI is InChI=1S/C16H20N6O/c1-2-23-15-8-12-13(20-10-21-16(12)17)9-14(15)19-4-3-6-22-7-5-18-11-22/h5,7-11,19H,2-4,6H2,1H3,(H2,17,20,21). The topological polar surface area (TPSA) is 90.9 Å². The summed E-state index contributed by atoms with van der Waals surface area (Å²) in [5, 5.41) is 4.22. The van der Waals surface area contributed by atoms with E-state index in [0.717, 1.165) is 41.9 Å². The number of hydrogen-bond acceptors (Lipinski definition) is 6. The van der Waals surface area contributed by atoms with E-state index in [1.165, 1.54) is 6.33 Å². The molecule has 0 saturated heterocycles. The molecule has 0 radical (unpaired) electrons. The van der Waals surface area contributed by atoms with E-state index in [4.69, 9.17) is 10.5 Å². The summed E-state index contributed by atoms with van der Waals surface area (Å²) in [6, 6.07) is 3.85. The largest absolute Gasteiger partial charge is 0.492 e. The Balaban J connectivity index is 1.74. The average molecular weight is 312 g/mol. The summed E-state index contributed by atoms with van der Waals surface area (Å²) < 4.78 is 7.77. The van der Waals surface area contributed by atoms with Gasteiger partial charge in [0.1, 0.15) is 17.9 Å². The second-order valence-corrected chi connectivity index (χ2v) is 5.14. The molecule has 3 aromatic rings. The van der Waals surface area contributed by atoms with Gasteiger partial charge in [-0.25, -0.2) is 15.0 Å². The Kier molecular flexibility index (Phi) is 4.56. The summed E-state index contributed by atoms with van der Waals surface area (Å²) in [7, 11) is 0. The summed E-state index contributed by atoms with van der Waals surface area (Å²) >= 11 is 0. The van der Waals surface area contributed by atoms with Crippen molar-refractivity contribution in [2.24, 2.45) is 0 Å². The molecule has 3 N–H and O–H groups in total. The van der Waals surface area contributed by atoms with Crippen LogP contribution in [0.25, 0.3) is 10.9 Å². The number of aromatic nitrogens is 4. The second kappa shape index (κ2) is 6.95. The molecule has 0 saturated carbocycles. The molecule has 7 heteroatoms. The third kappa shape index (κ3) is 3.50. The average Bonchev–Trinajstić information content (AvgIpc) is 3.06. The molecular formula is C16H20N6O. The Labute approximate surface area is 134 Å². The maximum atomic E-state index is 5.91. The van der Waals surface area contributed by atoms with Crippen LogP contribution in [0.2, 0.25) is 0 Å². The molecule has 0 unspecified atom stereocenters. The van der Waals surface area contributed by atoms with Crippen LogP contribution in [-0.2, 0) is 6.54 Å². The van der Waals surface area contributed by atoms with Crippen LogP contribution in [0.15, 0.2) is 37.2 Å². The van der Waals surface area contributed by atoms with Crippen molar-refractivity contribution >= 4 is 22.4 Å².